The molecular weight excluding hydrogens is 260 g/mol. The summed E-state index contributed by atoms with van der Waals surface area (Å²) in [7, 11) is 0. The van der Waals surface area contributed by atoms with Crippen molar-refractivity contribution in [3.8, 4) is 0 Å². The van der Waals surface area contributed by atoms with Crippen molar-refractivity contribution in [3.63, 3.8) is 0 Å². The van der Waals surface area contributed by atoms with Crippen LogP contribution in [-0.2, 0) is 11.3 Å². The van der Waals surface area contributed by atoms with Crippen LogP contribution in [0.4, 0.5) is 4.79 Å². The van der Waals surface area contributed by atoms with Crippen LogP contribution in [0, 0.1) is 0 Å². The highest BCUT2D eigenvalue weighted by Gasteiger charge is 2.15. The van der Waals surface area contributed by atoms with Crippen molar-refractivity contribution in [3.05, 3.63) is 34.2 Å². The van der Waals surface area contributed by atoms with Crippen LogP contribution in [0.25, 0.3) is 0 Å². The second-order valence-electron chi connectivity index (χ2n) is 5.36. The first-order valence-corrected chi connectivity index (χ1v) is 6.45. The van der Waals surface area contributed by atoms with Gasteiger partial charge in [-0.05, 0) is 39.3 Å². The first-order chi connectivity index (χ1) is 9.33. The molecule has 1 aromatic rings. The zero-order valence-corrected chi connectivity index (χ0v) is 12.0. The maximum absolute atomic E-state index is 11.7. The van der Waals surface area contributed by atoms with Crippen molar-refractivity contribution in [1.82, 2.24) is 9.88 Å². The summed E-state index contributed by atoms with van der Waals surface area (Å²) in [4.78, 5) is 33.8. The predicted molar refractivity (Wildman–Crippen MR) is 74.9 cm³/mol. The van der Waals surface area contributed by atoms with Crippen molar-refractivity contribution in [2.45, 2.75) is 39.3 Å². The van der Waals surface area contributed by atoms with Gasteiger partial charge >= 0.3 is 6.09 Å². The molecule has 0 unspecified atom stereocenters. The second kappa shape index (κ2) is 6.88. The lowest BCUT2D eigenvalue weighted by Gasteiger charge is -2.19. The van der Waals surface area contributed by atoms with Gasteiger partial charge < -0.3 is 14.6 Å². The van der Waals surface area contributed by atoms with Crippen LogP contribution >= 0.6 is 0 Å². The number of hydrogen-bond donors (Lipinski definition) is 1. The molecule has 20 heavy (non-hydrogen) atoms. The van der Waals surface area contributed by atoms with Gasteiger partial charge in [0.15, 0.2) is 6.29 Å². The maximum atomic E-state index is 11.7. The molecule has 0 aliphatic carbocycles. The number of alkyl carbamates (subject to hydrolysis) is 1. The van der Waals surface area contributed by atoms with Gasteiger partial charge in [-0.1, -0.05) is 0 Å². The Morgan fingerprint density at radius 1 is 1.45 bits per heavy atom. The number of aldehydes is 1. The number of carbonyl (C=O) groups is 2. The number of amides is 1. The Morgan fingerprint density at radius 2 is 2.15 bits per heavy atom. The van der Waals surface area contributed by atoms with Crippen LogP contribution in [0.1, 0.15) is 37.6 Å². The zero-order chi connectivity index (χ0) is 15.2. The average molecular weight is 280 g/mol. The smallest absolute Gasteiger partial charge is 0.407 e. The van der Waals surface area contributed by atoms with Gasteiger partial charge in [0.2, 0.25) is 0 Å². The molecule has 0 radical (unpaired) electrons. The zero-order valence-electron chi connectivity index (χ0n) is 12.0. The summed E-state index contributed by atoms with van der Waals surface area (Å²) < 4.78 is 6.53. The fourth-order valence-electron chi connectivity index (χ4n) is 1.58. The Bertz CT molecular complexity index is 529. The van der Waals surface area contributed by atoms with E-state index in [0.29, 0.717) is 25.8 Å². The van der Waals surface area contributed by atoms with Gasteiger partial charge in [-0.2, -0.15) is 0 Å². The van der Waals surface area contributed by atoms with Crippen molar-refractivity contribution in [1.29, 1.82) is 0 Å². The van der Waals surface area contributed by atoms with Crippen LogP contribution in [-0.4, -0.2) is 29.1 Å². The monoisotopic (exact) mass is 280 g/mol. The molecule has 6 heteroatoms. The Balaban J connectivity index is 2.41. The molecule has 1 aromatic heterocycles. The van der Waals surface area contributed by atoms with Crippen molar-refractivity contribution >= 4 is 12.4 Å². The molecule has 0 aliphatic rings. The van der Waals surface area contributed by atoms with Crippen LogP contribution in [0.5, 0.6) is 0 Å². The topological polar surface area (TPSA) is 77.4 Å². The van der Waals surface area contributed by atoms with Crippen molar-refractivity contribution < 1.29 is 14.3 Å². The standard InChI is InChI=1S/C14H20N2O4/c1-14(2,3)20-13(19)15-7-5-9-16-8-4-6-11(10-17)12(16)18/h4,6,8,10H,5,7,9H2,1-3H3,(H,15,19). The minimum atomic E-state index is -0.528. The molecule has 1 heterocycles. The maximum Gasteiger partial charge on any atom is 0.407 e. The third-order valence-electron chi connectivity index (χ3n) is 2.42. The fourth-order valence-corrected chi connectivity index (χ4v) is 1.58. The fraction of sp³-hybridized carbons (Fsp3) is 0.500. The van der Waals surface area contributed by atoms with E-state index in [4.69, 9.17) is 4.74 Å². The first-order valence-electron chi connectivity index (χ1n) is 6.45. The van der Waals surface area contributed by atoms with Crippen molar-refractivity contribution in [2.24, 2.45) is 0 Å². The highest BCUT2D eigenvalue weighted by molar-refractivity contribution is 5.73. The summed E-state index contributed by atoms with van der Waals surface area (Å²) in [5.41, 5.74) is -0.716. The normalized spacial score (nSPS) is 10.9. The number of ether oxygens (including phenoxy) is 1. The molecule has 0 saturated heterocycles. The Morgan fingerprint density at radius 3 is 2.75 bits per heavy atom. The Kier molecular flexibility index (Phi) is 5.49. The lowest BCUT2D eigenvalue weighted by molar-refractivity contribution is 0.0526. The van der Waals surface area contributed by atoms with E-state index in [0.717, 1.165) is 0 Å². The third-order valence-corrected chi connectivity index (χ3v) is 2.42. The number of nitrogens with one attached hydrogen (secondary N) is 1. The highest BCUT2D eigenvalue weighted by atomic mass is 16.6. The van der Waals surface area contributed by atoms with Crippen LogP contribution in [0.2, 0.25) is 0 Å². The molecule has 6 nitrogen and oxygen atoms in total. The second-order valence-corrected chi connectivity index (χ2v) is 5.36. The van der Waals surface area contributed by atoms with Gasteiger partial charge in [-0.15, -0.1) is 0 Å². The van der Waals surface area contributed by atoms with Gasteiger partial charge in [-0.3, -0.25) is 9.59 Å². The lowest BCUT2D eigenvalue weighted by Crippen LogP contribution is -2.33. The largest absolute Gasteiger partial charge is 0.444 e. The molecule has 0 atom stereocenters. The summed E-state index contributed by atoms with van der Waals surface area (Å²) in [5, 5.41) is 2.61. The van der Waals surface area contributed by atoms with Gasteiger partial charge in [0, 0.05) is 19.3 Å². The Labute approximate surface area is 117 Å². The van der Waals surface area contributed by atoms with Gasteiger partial charge in [-0.25, -0.2) is 4.79 Å². The van der Waals surface area contributed by atoms with Gasteiger partial charge in [0.25, 0.3) is 5.56 Å². The average Bonchev–Trinajstić information content (AvgIpc) is 2.34. The van der Waals surface area contributed by atoms with E-state index in [1.54, 1.807) is 33.0 Å². The number of pyridine rings is 1. The number of rotatable bonds is 5. The minimum Gasteiger partial charge on any atom is -0.444 e. The summed E-state index contributed by atoms with van der Waals surface area (Å²) in [6.45, 7) is 6.19. The quantitative estimate of drug-likeness (QED) is 0.656. The molecule has 1 N–H and O–H groups in total. The van der Waals surface area contributed by atoms with E-state index in [-0.39, 0.29) is 11.1 Å². The van der Waals surface area contributed by atoms with Gasteiger partial charge in [0.1, 0.15) is 5.60 Å². The van der Waals surface area contributed by atoms with E-state index in [9.17, 15) is 14.4 Å². The van der Waals surface area contributed by atoms with E-state index < -0.39 is 11.7 Å². The number of aryl methyl sites for hydroxylation is 1. The molecule has 0 bridgehead atoms. The summed E-state index contributed by atoms with van der Waals surface area (Å²) in [6, 6.07) is 3.12. The summed E-state index contributed by atoms with van der Waals surface area (Å²) in [5.74, 6) is 0. The van der Waals surface area contributed by atoms with Gasteiger partial charge in [0.05, 0.1) is 5.56 Å². The van der Waals surface area contributed by atoms with E-state index in [2.05, 4.69) is 5.32 Å². The number of hydrogen-bond acceptors (Lipinski definition) is 4. The molecule has 0 spiro atoms. The third kappa shape index (κ3) is 5.26. The molecule has 0 fully saturated rings. The SMILES string of the molecule is CC(C)(C)OC(=O)NCCCn1cccc(C=O)c1=O. The van der Waals surface area contributed by atoms with E-state index in [1.165, 1.54) is 10.6 Å². The van der Waals surface area contributed by atoms with Crippen LogP contribution in [0.3, 0.4) is 0 Å². The highest BCUT2D eigenvalue weighted by Crippen LogP contribution is 2.06. The molecular formula is C14H20N2O4. The molecule has 0 saturated carbocycles. The summed E-state index contributed by atoms with van der Waals surface area (Å²) in [6.07, 6.45) is 2.24. The lowest BCUT2D eigenvalue weighted by atomic mass is 10.2. The number of nitrogens with zero attached hydrogens (tertiary/aromatic N) is 1. The van der Waals surface area contributed by atoms with E-state index in [1.807, 2.05) is 0 Å². The Hall–Kier alpha value is -2.11. The number of carbonyl (C=O) groups excluding carboxylic acids is 2. The molecule has 0 aromatic carbocycles. The number of aromatic nitrogens is 1. The van der Waals surface area contributed by atoms with Crippen molar-refractivity contribution in [2.75, 3.05) is 6.54 Å². The molecule has 110 valence electrons. The van der Waals surface area contributed by atoms with Crippen LogP contribution < -0.4 is 10.9 Å². The molecule has 1 rings (SSSR count). The molecule has 0 aliphatic heterocycles. The molecule has 1 amide bonds. The summed E-state index contributed by atoms with van der Waals surface area (Å²) >= 11 is 0. The first kappa shape index (κ1) is 15.9. The predicted octanol–water partition coefficient (Wildman–Crippen LogP) is 1.58. The van der Waals surface area contributed by atoms with E-state index >= 15 is 0 Å². The van der Waals surface area contributed by atoms with Crippen LogP contribution in [0.15, 0.2) is 23.1 Å². The minimum absolute atomic E-state index is 0.132.